The number of hydrogen-bond donors (Lipinski definition) is 2. The number of carbonyl (C=O) groups excluding carboxylic acids is 1. The van der Waals surface area contributed by atoms with Gasteiger partial charge in [0.25, 0.3) is 5.56 Å². The maximum Gasteiger partial charge on any atom is 0.256 e. The number of amides is 1. The monoisotopic (exact) mass is 425 g/mol. The first-order valence-electron chi connectivity index (χ1n) is 9.40. The second-order valence-corrected chi connectivity index (χ2v) is 7.48. The normalized spacial score (nSPS) is 15.3. The number of halogens is 1. The third-order valence-electron chi connectivity index (χ3n) is 4.94. The molecule has 0 bridgehead atoms. The number of ether oxygens (including phenoxy) is 2. The number of methoxy groups -OCH3 is 1. The van der Waals surface area contributed by atoms with Crippen molar-refractivity contribution in [2.24, 2.45) is 0 Å². The lowest BCUT2D eigenvalue weighted by Crippen LogP contribution is -2.31. The summed E-state index contributed by atoms with van der Waals surface area (Å²) in [4.78, 5) is 31.8. The van der Waals surface area contributed by atoms with E-state index < -0.39 is 5.92 Å². The molecular formula is C22H20ClN3O4. The summed E-state index contributed by atoms with van der Waals surface area (Å²) in [6.45, 7) is 2.00. The molecule has 1 atom stereocenters. The molecule has 8 heteroatoms. The lowest BCUT2D eigenvalue weighted by Gasteiger charge is -2.25. The van der Waals surface area contributed by atoms with Gasteiger partial charge in [-0.3, -0.25) is 9.59 Å². The van der Waals surface area contributed by atoms with E-state index in [4.69, 9.17) is 21.1 Å². The average Bonchev–Trinajstić information content (AvgIpc) is 2.71. The minimum absolute atomic E-state index is 0.146. The maximum atomic E-state index is 12.6. The number of carbonyl (C=O) groups is 1. The number of rotatable bonds is 5. The number of H-pyrrole nitrogens is 1. The van der Waals surface area contributed by atoms with E-state index >= 15 is 0 Å². The predicted molar refractivity (Wildman–Crippen MR) is 113 cm³/mol. The number of nitrogens with one attached hydrogen (secondary N) is 2. The van der Waals surface area contributed by atoms with Crippen molar-refractivity contribution < 1.29 is 14.3 Å². The smallest absolute Gasteiger partial charge is 0.256 e. The molecule has 0 saturated carbocycles. The lowest BCUT2D eigenvalue weighted by molar-refractivity contribution is -0.116. The van der Waals surface area contributed by atoms with Crippen LogP contribution in [0.3, 0.4) is 0 Å². The largest absolute Gasteiger partial charge is 0.493 e. The number of nitrogens with zero attached hydrogens (tertiary/aromatic N) is 1. The van der Waals surface area contributed by atoms with E-state index in [0.29, 0.717) is 40.3 Å². The van der Waals surface area contributed by atoms with Gasteiger partial charge < -0.3 is 19.8 Å². The molecule has 2 N–H and O–H groups in total. The van der Waals surface area contributed by atoms with Crippen molar-refractivity contribution >= 4 is 23.3 Å². The van der Waals surface area contributed by atoms with Gasteiger partial charge in [0.1, 0.15) is 18.2 Å². The fourth-order valence-electron chi connectivity index (χ4n) is 3.58. The molecule has 0 spiro atoms. The Kier molecular flexibility index (Phi) is 5.46. The van der Waals surface area contributed by atoms with Gasteiger partial charge in [0.2, 0.25) is 5.91 Å². The van der Waals surface area contributed by atoms with Crippen molar-refractivity contribution in [3.8, 4) is 11.5 Å². The summed E-state index contributed by atoms with van der Waals surface area (Å²) in [6.07, 6.45) is 0.146. The minimum atomic E-state index is -0.429. The summed E-state index contributed by atoms with van der Waals surface area (Å²) in [5, 5.41) is 3.33. The molecule has 0 saturated heterocycles. The number of anilines is 1. The van der Waals surface area contributed by atoms with Gasteiger partial charge in [-0.2, -0.15) is 0 Å². The SMILES string of the molecule is COc1cc(C2CC(=O)Nc3nc(C)[nH]c(=O)c32)ccc1OCc1cccc(Cl)c1. The molecule has 0 aliphatic carbocycles. The first-order chi connectivity index (χ1) is 14.4. The summed E-state index contributed by atoms with van der Waals surface area (Å²) < 4.78 is 11.4. The van der Waals surface area contributed by atoms with Gasteiger partial charge in [-0.05, 0) is 42.3 Å². The van der Waals surface area contributed by atoms with E-state index in [1.807, 2.05) is 24.3 Å². The molecule has 2 aromatic carbocycles. The number of fused-ring (bicyclic) bond motifs is 1. The Balaban J connectivity index is 1.65. The van der Waals surface area contributed by atoms with Crippen LogP contribution in [0, 0.1) is 6.92 Å². The van der Waals surface area contributed by atoms with Gasteiger partial charge in [0.15, 0.2) is 11.5 Å². The Labute approximate surface area is 178 Å². The number of aryl methyl sites for hydroxylation is 1. The molecule has 4 rings (SSSR count). The zero-order chi connectivity index (χ0) is 21.3. The zero-order valence-electron chi connectivity index (χ0n) is 16.5. The number of benzene rings is 2. The van der Waals surface area contributed by atoms with Crippen LogP contribution in [0.25, 0.3) is 0 Å². The average molecular weight is 426 g/mol. The van der Waals surface area contributed by atoms with Gasteiger partial charge in [0.05, 0.1) is 12.7 Å². The molecule has 2 heterocycles. The Bertz CT molecular complexity index is 1180. The molecule has 1 unspecified atom stereocenters. The number of aromatic nitrogens is 2. The summed E-state index contributed by atoms with van der Waals surface area (Å²) >= 11 is 6.02. The summed E-state index contributed by atoms with van der Waals surface area (Å²) in [5.74, 6) is 1.20. The van der Waals surface area contributed by atoms with Crippen molar-refractivity contribution in [3.63, 3.8) is 0 Å². The second-order valence-electron chi connectivity index (χ2n) is 7.05. The lowest BCUT2D eigenvalue weighted by atomic mass is 9.86. The topological polar surface area (TPSA) is 93.3 Å². The molecule has 154 valence electrons. The van der Waals surface area contributed by atoms with Crippen molar-refractivity contribution in [2.45, 2.75) is 25.9 Å². The third kappa shape index (κ3) is 4.02. The van der Waals surface area contributed by atoms with Crippen LogP contribution < -0.4 is 20.3 Å². The third-order valence-corrected chi connectivity index (χ3v) is 5.18. The fraction of sp³-hybridized carbons (Fsp3) is 0.227. The molecule has 1 amide bonds. The molecule has 30 heavy (non-hydrogen) atoms. The second kappa shape index (κ2) is 8.20. The Morgan fingerprint density at radius 1 is 1.17 bits per heavy atom. The van der Waals surface area contributed by atoms with E-state index in [9.17, 15) is 9.59 Å². The molecule has 3 aromatic rings. The van der Waals surface area contributed by atoms with Gasteiger partial charge in [0, 0.05) is 17.4 Å². The van der Waals surface area contributed by atoms with Crippen LogP contribution >= 0.6 is 11.6 Å². The Morgan fingerprint density at radius 3 is 2.77 bits per heavy atom. The fourth-order valence-corrected chi connectivity index (χ4v) is 3.79. The van der Waals surface area contributed by atoms with E-state index in [1.54, 1.807) is 32.2 Å². The summed E-state index contributed by atoms with van der Waals surface area (Å²) in [6, 6.07) is 12.8. The maximum absolute atomic E-state index is 12.6. The van der Waals surface area contributed by atoms with Gasteiger partial charge in [-0.15, -0.1) is 0 Å². The van der Waals surface area contributed by atoms with Crippen molar-refractivity contribution in [3.05, 3.63) is 80.4 Å². The van der Waals surface area contributed by atoms with Crippen LogP contribution in [0.1, 0.15) is 34.9 Å². The Morgan fingerprint density at radius 2 is 2.00 bits per heavy atom. The van der Waals surface area contributed by atoms with Crippen molar-refractivity contribution in [1.82, 2.24) is 9.97 Å². The molecule has 1 aromatic heterocycles. The van der Waals surface area contributed by atoms with E-state index in [1.165, 1.54) is 0 Å². The van der Waals surface area contributed by atoms with Gasteiger partial charge in [-0.25, -0.2) is 4.98 Å². The highest BCUT2D eigenvalue weighted by molar-refractivity contribution is 6.30. The van der Waals surface area contributed by atoms with Crippen LogP contribution in [0.15, 0.2) is 47.3 Å². The van der Waals surface area contributed by atoms with Crippen LogP contribution in [0.2, 0.25) is 5.02 Å². The highest BCUT2D eigenvalue weighted by Crippen LogP contribution is 2.38. The summed E-state index contributed by atoms with van der Waals surface area (Å²) in [5.41, 5.74) is 1.88. The van der Waals surface area contributed by atoms with E-state index in [0.717, 1.165) is 11.1 Å². The summed E-state index contributed by atoms with van der Waals surface area (Å²) in [7, 11) is 1.55. The van der Waals surface area contributed by atoms with Crippen LogP contribution in [-0.2, 0) is 11.4 Å². The molecule has 1 aliphatic rings. The molecular weight excluding hydrogens is 406 g/mol. The minimum Gasteiger partial charge on any atom is -0.493 e. The first-order valence-corrected chi connectivity index (χ1v) is 9.78. The standard InChI is InChI=1S/C22H20ClN3O4/c1-12-24-21-20(22(28)25-12)16(10-19(27)26-21)14-6-7-17(18(9-14)29-2)30-11-13-4-3-5-15(23)8-13/h3-9,16H,10-11H2,1-2H3,(H2,24,25,26,27,28). The molecule has 1 aliphatic heterocycles. The quantitative estimate of drug-likeness (QED) is 0.648. The highest BCUT2D eigenvalue weighted by atomic mass is 35.5. The number of aromatic amines is 1. The molecule has 0 radical (unpaired) electrons. The van der Waals surface area contributed by atoms with Gasteiger partial charge >= 0.3 is 0 Å². The highest BCUT2D eigenvalue weighted by Gasteiger charge is 2.31. The number of hydrogen-bond acceptors (Lipinski definition) is 5. The van der Waals surface area contributed by atoms with Crippen molar-refractivity contribution in [2.75, 3.05) is 12.4 Å². The molecule has 7 nitrogen and oxygen atoms in total. The van der Waals surface area contributed by atoms with E-state index in [2.05, 4.69) is 15.3 Å². The van der Waals surface area contributed by atoms with Crippen LogP contribution in [0.5, 0.6) is 11.5 Å². The van der Waals surface area contributed by atoms with Crippen molar-refractivity contribution in [1.29, 1.82) is 0 Å². The first kappa shape index (κ1) is 20.0. The van der Waals surface area contributed by atoms with Crippen LogP contribution in [0.4, 0.5) is 5.82 Å². The van der Waals surface area contributed by atoms with Crippen LogP contribution in [-0.4, -0.2) is 23.0 Å². The van der Waals surface area contributed by atoms with Gasteiger partial charge in [-0.1, -0.05) is 29.8 Å². The zero-order valence-corrected chi connectivity index (χ0v) is 17.2. The van der Waals surface area contributed by atoms with E-state index in [-0.39, 0.29) is 17.9 Å². The Hall–Kier alpha value is -3.32. The predicted octanol–water partition coefficient (Wildman–Crippen LogP) is 3.79. The molecule has 0 fully saturated rings.